The molecule has 0 bridgehead atoms. The molecule has 0 saturated carbocycles. The van der Waals surface area contributed by atoms with Gasteiger partial charge in [0.05, 0.1) is 30.4 Å². The SMILES string of the molecule is COCC(C)n1cc(CCl)nn1. The number of nitrogens with zero attached hydrogens (tertiary/aromatic N) is 3. The molecular formula is C7H12ClN3O. The molecule has 12 heavy (non-hydrogen) atoms. The van der Waals surface area contributed by atoms with Crippen molar-refractivity contribution in [3.63, 3.8) is 0 Å². The Morgan fingerprint density at radius 3 is 3.00 bits per heavy atom. The highest BCUT2D eigenvalue weighted by Crippen LogP contribution is 2.05. The van der Waals surface area contributed by atoms with Crippen molar-refractivity contribution >= 4 is 11.6 Å². The third-order valence-corrected chi connectivity index (χ3v) is 1.83. The van der Waals surface area contributed by atoms with Crippen LogP contribution in [0, 0.1) is 0 Å². The lowest BCUT2D eigenvalue weighted by atomic mass is 10.4. The monoisotopic (exact) mass is 189 g/mol. The highest BCUT2D eigenvalue weighted by Gasteiger charge is 2.06. The Hall–Kier alpha value is -0.610. The fourth-order valence-electron chi connectivity index (χ4n) is 0.908. The van der Waals surface area contributed by atoms with Crippen molar-refractivity contribution in [2.75, 3.05) is 13.7 Å². The summed E-state index contributed by atoms with van der Waals surface area (Å²) in [6.07, 6.45) is 1.83. The van der Waals surface area contributed by atoms with Gasteiger partial charge >= 0.3 is 0 Å². The van der Waals surface area contributed by atoms with E-state index in [-0.39, 0.29) is 6.04 Å². The zero-order valence-electron chi connectivity index (χ0n) is 7.20. The Morgan fingerprint density at radius 1 is 1.75 bits per heavy atom. The third-order valence-electron chi connectivity index (χ3n) is 1.55. The van der Waals surface area contributed by atoms with Gasteiger partial charge in [-0.1, -0.05) is 5.21 Å². The molecule has 0 fully saturated rings. The van der Waals surface area contributed by atoms with E-state index in [0.717, 1.165) is 5.69 Å². The second kappa shape index (κ2) is 4.42. The Bertz CT molecular complexity index is 238. The molecule has 1 heterocycles. The first-order valence-corrected chi connectivity index (χ1v) is 4.27. The van der Waals surface area contributed by atoms with E-state index in [4.69, 9.17) is 16.3 Å². The molecule has 5 heteroatoms. The van der Waals surface area contributed by atoms with Crippen LogP contribution in [0.4, 0.5) is 0 Å². The number of hydrogen-bond donors (Lipinski definition) is 0. The molecule has 68 valence electrons. The van der Waals surface area contributed by atoms with E-state index in [2.05, 4.69) is 10.3 Å². The molecule has 0 aromatic carbocycles. The summed E-state index contributed by atoms with van der Waals surface area (Å²) in [5.74, 6) is 0.402. The summed E-state index contributed by atoms with van der Waals surface area (Å²) in [4.78, 5) is 0. The molecule has 0 radical (unpaired) electrons. The van der Waals surface area contributed by atoms with E-state index in [1.165, 1.54) is 0 Å². The quantitative estimate of drug-likeness (QED) is 0.669. The fourth-order valence-corrected chi connectivity index (χ4v) is 1.03. The van der Waals surface area contributed by atoms with Crippen molar-refractivity contribution in [3.05, 3.63) is 11.9 Å². The minimum Gasteiger partial charge on any atom is -0.382 e. The third kappa shape index (κ3) is 2.19. The van der Waals surface area contributed by atoms with Gasteiger partial charge in [-0.2, -0.15) is 0 Å². The van der Waals surface area contributed by atoms with Gasteiger partial charge in [-0.3, -0.25) is 0 Å². The van der Waals surface area contributed by atoms with Gasteiger partial charge in [0, 0.05) is 7.11 Å². The molecule has 0 amide bonds. The molecule has 0 aliphatic rings. The molecule has 4 nitrogen and oxygen atoms in total. The van der Waals surface area contributed by atoms with Crippen LogP contribution in [0.25, 0.3) is 0 Å². The average molecular weight is 190 g/mol. The first kappa shape index (κ1) is 9.48. The zero-order chi connectivity index (χ0) is 8.97. The summed E-state index contributed by atoms with van der Waals surface area (Å²) < 4.78 is 6.73. The van der Waals surface area contributed by atoms with Crippen molar-refractivity contribution in [1.29, 1.82) is 0 Å². The van der Waals surface area contributed by atoms with Crippen LogP contribution in [0.5, 0.6) is 0 Å². The number of ether oxygens (including phenoxy) is 1. The minimum absolute atomic E-state index is 0.208. The first-order valence-electron chi connectivity index (χ1n) is 3.73. The summed E-state index contributed by atoms with van der Waals surface area (Å²) in [5.41, 5.74) is 0.791. The van der Waals surface area contributed by atoms with Gasteiger partial charge < -0.3 is 4.74 Å². The van der Waals surface area contributed by atoms with Gasteiger partial charge in [-0.05, 0) is 6.92 Å². The van der Waals surface area contributed by atoms with Gasteiger partial charge in [0.1, 0.15) is 0 Å². The summed E-state index contributed by atoms with van der Waals surface area (Å²) in [7, 11) is 1.66. The summed E-state index contributed by atoms with van der Waals surface area (Å²) in [6, 6.07) is 0.208. The topological polar surface area (TPSA) is 39.9 Å². The zero-order valence-corrected chi connectivity index (χ0v) is 7.95. The van der Waals surface area contributed by atoms with Crippen LogP contribution in [-0.2, 0) is 10.6 Å². The first-order chi connectivity index (χ1) is 5.77. The van der Waals surface area contributed by atoms with Crippen LogP contribution in [0.15, 0.2) is 6.20 Å². The van der Waals surface area contributed by atoms with Gasteiger partial charge in [0.25, 0.3) is 0 Å². The maximum Gasteiger partial charge on any atom is 0.0974 e. The summed E-state index contributed by atoms with van der Waals surface area (Å²) in [5, 5.41) is 7.77. The molecule has 1 aromatic rings. The smallest absolute Gasteiger partial charge is 0.0974 e. The maximum atomic E-state index is 5.57. The molecule has 1 aromatic heterocycles. The molecule has 0 N–H and O–H groups in total. The van der Waals surface area contributed by atoms with Crippen LogP contribution >= 0.6 is 11.6 Å². The van der Waals surface area contributed by atoms with E-state index in [1.807, 2.05) is 13.1 Å². The number of aromatic nitrogens is 3. The standard InChI is InChI=1S/C7H12ClN3O/c1-6(5-12-2)11-4-7(3-8)9-10-11/h4,6H,3,5H2,1-2H3. The number of rotatable bonds is 4. The van der Waals surface area contributed by atoms with E-state index in [1.54, 1.807) is 11.8 Å². The van der Waals surface area contributed by atoms with Crippen molar-refractivity contribution in [2.45, 2.75) is 18.8 Å². The Morgan fingerprint density at radius 2 is 2.50 bits per heavy atom. The molecule has 1 unspecified atom stereocenters. The Kier molecular flexibility index (Phi) is 3.49. The summed E-state index contributed by atoms with van der Waals surface area (Å²) >= 11 is 5.57. The fraction of sp³-hybridized carbons (Fsp3) is 0.714. The van der Waals surface area contributed by atoms with E-state index in [0.29, 0.717) is 12.5 Å². The minimum atomic E-state index is 0.208. The normalized spacial score (nSPS) is 13.2. The number of alkyl halides is 1. The molecule has 0 spiro atoms. The lowest BCUT2D eigenvalue weighted by Gasteiger charge is -2.08. The number of hydrogen-bond acceptors (Lipinski definition) is 3. The second-order valence-corrected chi connectivity index (χ2v) is 2.90. The lowest BCUT2D eigenvalue weighted by molar-refractivity contribution is 0.156. The van der Waals surface area contributed by atoms with E-state index in [9.17, 15) is 0 Å². The highest BCUT2D eigenvalue weighted by atomic mass is 35.5. The summed E-state index contributed by atoms with van der Waals surface area (Å²) in [6.45, 7) is 2.64. The average Bonchev–Trinajstić information content (AvgIpc) is 2.52. The van der Waals surface area contributed by atoms with Crippen LogP contribution in [0.3, 0.4) is 0 Å². The predicted molar refractivity (Wildman–Crippen MR) is 46.2 cm³/mol. The molecule has 1 rings (SSSR count). The second-order valence-electron chi connectivity index (χ2n) is 2.63. The number of methoxy groups -OCH3 is 1. The molecule has 0 aliphatic carbocycles. The maximum absolute atomic E-state index is 5.57. The predicted octanol–water partition coefficient (Wildman–Crippen LogP) is 1.22. The molecule has 1 atom stereocenters. The van der Waals surface area contributed by atoms with Gasteiger partial charge in [-0.25, -0.2) is 4.68 Å². The van der Waals surface area contributed by atoms with E-state index < -0.39 is 0 Å². The van der Waals surface area contributed by atoms with Crippen LogP contribution in [0.1, 0.15) is 18.7 Å². The van der Waals surface area contributed by atoms with Crippen LogP contribution < -0.4 is 0 Å². The highest BCUT2D eigenvalue weighted by molar-refractivity contribution is 6.16. The molecule has 0 aliphatic heterocycles. The van der Waals surface area contributed by atoms with Crippen molar-refractivity contribution in [3.8, 4) is 0 Å². The van der Waals surface area contributed by atoms with Crippen LogP contribution in [-0.4, -0.2) is 28.7 Å². The van der Waals surface area contributed by atoms with Crippen molar-refractivity contribution in [1.82, 2.24) is 15.0 Å². The largest absolute Gasteiger partial charge is 0.382 e. The van der Waals surface area contributed by atoms with Gasteiger partial charge in [0.15, 0.2) is 0 Å². The van der Waals surface area contributed by atoms with Gasteiger partial charge in [-0.15, -0.1) is 16.7 Å². The van der Waals surface area contributed by atoms with Crippen LogP contribution in [0.2, 0.25) is 0 Å². The van der Waals surface area contributed by atoms with E-state index >= 15 is 0 Å². The number of halogens is 1. The van der Waals surface area contributed by atoms with Crippen molar-refractivity contribution < 1.29 is 4.74 Å². The van der Waals surface area contributed by atoms with Gasteiger partial charge in [0.2, 0.25) is 0 Å². The lowest BCUT2D eigenvalue weighted by Crippen LogP contribution is -2.11. The Balaban J connectivity index is 2.61. The molecular weight excluding hydrogens is 178 g/mol. The van der Waals surface area contributed by atoms with Crippen molar-refractivity contribution in [2.24, 2.45) is 0 Å². The molecule has 0 saturated heterocycles. The Labute approximate surface area is 76.5 Å².